The number of amides is 1. The lowest BCUT2D eigenvalue weighted by Crippen LogP contribution is -2.30. The molecule has 7 heteroatoms. The van der Waals surface area contributed by atoms with Crippen LogP contribution in [0.25, 0.3) is 0 Å². The van der Waals surface area contributed by atoms with Gasteiger partial charge in [0.2, 0.25) is 5.91 Å². The molecular weight excluding hydrogens is 250 g/mol. The van der Waals surface area contributed by atoms with E-state index in [0.717, 1.165) is 0 Å². The van der Waals surface area contributed by atoms with E-state index in [1.807, 2.05) is 0 Å². The van der Waals surface area contributed by atoms with Gasteiger partial charge in [-0.2, -0.15) is 0 Å². The molecule has 2 rings (SSSR count). The van der Waals surface area contributed by atoms with Crippen molar-refractivity contribution in [1.82, 2.24) is 4.90 Å². The highest BCUT2D eigenvalue weighted by atomic mass is 16.6. The maximum atomic E-state index is 11.8. The van der Waals surface area contributed by atoms with E-state index >= 15 is 0 Å². The SMILES string of the molecule is COCCN1CN(c2ccccc2[N+](=O)[O-])CC1=O. The summed E-state index contributed by atoms with van der Waals surface area (Å²) in [5.74, 6) is -0.0461. The average Bonchev–Trinajstić information content (AvgIpc) is 2.77. The molecule has 0 atom stereocenters. The second-order valence-corrected chi connectivity index (χ2v) is 4.24. The molecule has 1 aliphatic rings. The Labute approximate surface area is 110 Å². The van der Waals surface area contributed by atoms with Gasteiger partial charge in [0, 0.05) is 19.7 Å². The summed E-state index contributed by atoms with van der Waals surface area (Å²) in [4.78, 5) is 25.7. The Hall–Kier alpha value is -2.15. The van der Waals surface area contributed by atoms with Crippen LogP contribution < -0.4 is 4.90 Å². The molecule has 19 heavy (non-hydrogen) atoms. The standard InChI is InChI=1S/C12H15N3O4/c1-19-7-6-13-9-14(8-12(13)16)10-4-2-3-5-11(10)15(17)18/h2-5H,6-9H2,1H3. The van der Waals surface area contributed by atoms with Gasteiger partial charge in [0.1, 0.15) is 5.69 Å². The Morgan fingerprint density at radius 1 is 1.42 bits per heavy atom. The Bertz CT molecular complexity index is 492. The monoisotopic (exact) mass is 265 g/mol. The van der Waals surface area contributed by atoms with Gasteiger partial charge in [-0.1, -0.05) is 12.1 Å². The van der Waals surface area contributed by atoms with E-state index in [4.69, 9.17) is 4.74 Å². The number of nitro benzene ring substituents is 1. The Morgan fingerprint density at radius 2 is 2.16 bits per heavy atom. The van der Waals surface area contributed by atoms with Gasteiger partial charge < -0.3 is 14.5 Å². The van der Waals surface area contributed by atoms with Crippen LogP contribution in [0.4, 0.5) is 11.4 Å². The average molecular weight is 265 g/mol. The fourth-order valence-electron chi connectivity index (χ4n) is 2.04. The number of ether oxygens (including phenoxy) is 1. The van der Waals surface area contributed by atoms with E-state index in [1.165, 1.54) is 6.07 Å². The third kappa shape index (κ3) is 2.82. The van der Waals surface area contributed by atoms with Gasteiger partial charge in [0.15, 0.2) is 0 Å². The van der Waals surface area contributed by atoms with Crippen LogP contribution >= 0.6 is 0 Å². The molecule has 1 aliphatic heterocycles. The maximum Gasteiger partial charge on any atom is 0.292 e. The molecule has 102 valence electrons. The van der Waals surface area contributed by atoms with Gasteiger partial charge in [0.25, 0.3) is 5.69 Å². The minimum atomic E-state index is -0.433. The number of methoxy groups -OCH3 is 1. The van der Waals surface area contributed by atoms with Crippen molar-refractivity contribution in [2.24, 2.45) is 0 Å². The predicted octanol–water partition coefficient (Wildman–Crippen LogP) is 0.847. The van der Waals surface area contributed by atoms with Crippen LogP contribution in [0.2, 0.25) is 0 Å². The van der Waals surface area contributed by atoms with Gasteiger partial charge >= 0.3 is 0 Å². The number of rotatable bonds is 5. The largest absolute Gasteiger partial charge is 0.383 e. The summed E-state index contributed by atoms with van der Waals surface area (Å²) in [5.41, 5.74) is 0.490. The van der Waals surface area contributed by atoms with E-state index in [0.29, 0.717) is 25.5 Å². The molecule has 0 bridgehead atoms. The third-order valence-electron chi connectivity index (χ3n) is 3.00. The Balaban J connectivity index is 2.16. The first-order valence-electron chi connectivity index (χ1n) is 5.88. The molecule has 0 radical (unpaired) electrons. The number of hydrogen-bond acceptors (Lipinski definition) is 5. The number of nitrogens with zero attached hydrogens (tertiary/aromatic N) is 3. The molecule has 1 aromatic carbocycles. The van der Waals surface area contributed by atoms with Gasteiger partial charge in [-0.25, -0.2) is 0 Å². The van der Waals surface area contributed by atoms with Crippen molar-refractivity contribution in [2.75, 3.05) is 38.4 Å². The van der Waals surface area contributed by atoms with Crippen molar-refractivity contribution in [3.63, 3.8) is 0 Å². The number of carbonyl (C=O) groups excluding carboxylic acids is 1. The molecule has 1 aromatic rings. The van der Waals surface area contributed by atoms with Crippen molar-refractivity contribution < 1.29 is 14.5 Å². The Morgan fingerprint density at radius 3 is 2.84 bits per heavy atom. The van der Waals surface area contributed by atoms with Crippen LogP contribution in [-0.4, -0.2) is 49.2 Å². The lowest BCUT2D eigenvalue weighted by Gasteiger charge is -2.19. The molecule has 1 amide bonds. The third-order valence-corrected chi connectivity index (χ3v) is 3.00. The first-order valence-corrected chi connectivity index (χ1v) is 5.88. The maximum absolute atomic E-state index is 11.8. The van der Waals surface area contributed by atoms with Crippen molar-refractivity contribution in [3.05, 3.63) is 34.4 Å². The number of benzene rings is 1. The zero-order chi connectivity index (χ0) is 13.8. The van der Waals surface area contributed by atoms with Gasteiger partial charge in [-0.05, 0) is 6.07 Å². The van der Waals surface area contributed by atoms with Crippen LogP contribution in [-0.2, 0) is 9.53 Å². The molecule has 0 N–H and O–H groups in total. The molecule has 0 unspecified atom stereocenters. The van der Waals surface area contributed by atoms with Crippen molar-refractivity contribution in [3.8, 4) is 0 Å². The minimum Gasteiger partial charge on any atom is -0.383 e. The quantitative estimate of drug-likeness (QED) is 0.582. The fourth-order valence-corrected chi connectivity index (χ4v) is 2.04. The van der Waals surface area contributed by atoms with E-state index in [1.54, 1.807) is 35.1 Å². The van der Waals surface area contributed by atoms with Gasteiger partial charge in [-0.15, -0.1) is 0 Å². The van der Waals surface area contributed by atoms with Crippen LogP contribution in [0.1, 0.15) is 0 Å². The number of anilines is 1. The highest BCUT2D eigenvalue weighted by Crippen LogP contribution is 2.29. The van der Waals surface area contributed by atoms with E-state index < -0.39 is 4.92 Å². The zero-order valence-corrected chi connectivity index (χ0v) is 10.6. The molecule has 0 aliphatic carbocycles. The highest BCUT2D eigenvalue weighted by molar-refractivity contribution is 5.86. The fraction of sp³-hybridized carbons (Fsp3) is 0.417. The molecule has 1 heterocycles. The smallest absolute Gasteiger partial charge is 0.292 e. The molecule has 0 aromatic heterocycles. The lowest BCUT2D eigenvalue weighted by molar-refractivity contribution is -0.384. The van der Waals surface area contributed by atoms with Crippen molar-refractivity contribution in [2.45, 2.75) is 0 Å². The molecule has 7 nitrogen and oxygen atoms in total. The molecular formula is C12H15N3O4. The van der Waals surface area contributed by atoms with Gasteiger partial charge in [-0.3, -0.25) is 14.9 Å². The summed E-state index contributed by atoms with van der Waals surface area (Å²) < 4.78 is 4.93. The zero-order valence-electron chi connectivity index (χ0n) is 10.6. The van der Waals surface area contributed by atoms with E-state index in [9.17, 15) is 14.9 Å². The first-order chi connectivity index (χ1) is 9.13. The second-order valence-electron chi connectivity index (χ2n) is 4.24. The number of carbonyl (C=O) groups is 1. The van der Waals surface area contributed by atoms with Crippen molar-refractivity contribution >= 4 is 17.3 Å². The van der Waals surface area contributed by atoms with E-state index in [2.05, 4.69) is 0 Å². The summed E-state index contributed by atoms with van der Waals surface area (Å²) >= 11 is 0. The van der Waals surface area contributed by atoms with Gasteiger partial charge in [0.05, 0.1) is 24.7 Å². The molecule has 1 saturated heterocycles. The van der Waals surface area contributed by atoms with Crippen LogP contribution in [0, 0.1) is 10.1 Å². The molecule has 1 fully saturated rings. The summed E-state index contributed by atoms with van der Waals surface area (Å²) in [7, 11) is 1.57. The van der Waals surface area contributed by atoms with Crippen LogP contribution in [0.3, 0.4) is 0 Å². The molecule has 0 spiro atoms. The topological polar surface area (TPSA) is 75.9 Å². The molecule has 0 saturated carbocycles. The lowest BCUT2D eigenvalue weighted by atomic mass is 10.2. The number of hydrogen-bond donors (Lipinski definition) is 0. The first kappa shape index (κ1) is 13.3. The predicted molar refractivity (Wildman–Crippen MR) is 68.9 cm³/mol. The van der Waals surface area contributed by atoms with Crippen LogP contribution in [0.15, 0.2) is 24.3 Å². The second kappa shape index (κ2) is 5.66. The number of nitro groups is 1. The van der Waals surface area contributed by atoms with Crippen molar-refractivity contribution in [1.29, 1.82) is 0 Å². The van der Waals surface area contributed by atoms with Crippen LogP contribution in [0.5, 0.6) is 0 Å². The summed E-state index contributed by atoms with van der Waals surface area (Å²) in [6, 6.07) is 6.44. The summed E-state index contributed by atoms with van der Waals surface area (Å²) in [5, 5.41) is 11.0. The normalized spacial score (nSPS) is 15.1. The van der Waals surface area contributed by atoms with E-state index in [-0.39, 0.29) is 18.1 Å². The highest BCUT2D eigenvalue weighted by Gasteiger charge is 2.30. The minimum absolute atomic E-state index is 0.0175. The Kier molecular flexibility index (Phi) is 3.96. The summed E-state index contributed by atoms with van der Waals surface area (Å²) in [6.45, 7) is 1.46. The summed E-state index contributed by atoms with van der Waals surface area (Å²) in [6.07, 6.45) is 0. The number of para-hydroxylation sites is 2.